The minimum absolute atomic E-state index is 0.488. The lowest BCUT2D eigenvalue weighted by molar-refractivity contribution is 0.610. The van der Waals surface area contributed by atoms with Gasteiger partial charge in [0.15, 0.2) is 0 Å². The molecule has 2 aromatic carbocycles. The molecule has 4 heteroatoms. The van der Waals surface area contributed by atoms with Gasteiger partial charge in [0.1, 0.15) is 0 Å². The summed E-state index contributed by atoms with van der Waals surface area (Å²) >= 11 is 2.00. The summed E-state index contributed by atoms with van der Waals surface area (Å²) in [5, 5.41) is 0.488. The molecule has 0 saturated carbocycles. The largest absolute Gasteiger partial charge is 0.359 e. The van der Waals surface area contributed by atoms with E-state index in [1.54, 1.807) is 6.33 Å². The van der Waals surface area contributed by atoms with Crippen molar-refractivity contribution in [3.05, 3.63) is 54.4 Å². The molecule has 0 aliphatic carbocycles. The number of benzene rings is 2. The maximum Gasteiger partial charge on any atom is 0.0931 e. The topological polar surface area (TPSA) is 31.9 Å². The zero-order valence-corrected chi connectivity index (χ0v) is 15.6. The lowest BCUT2D eigenvalue weighted by atomic mass is 10.0. The number of H-pyrrole nitrogens is 1. The van der Waals surface area contributed by atoms with Crippen molar-refractivity contribution >= 4 is 28.5 Å². The highest BCUT2D eigenvalue weighted by molar-refractivity contribution is 8.00. The summed E-state index contributed by atoms with van der Waals surface area (Å²) < 4.78 is 0. The van der Waals surface area contributed by atoms with Crippen molar-refractivity contribution in [2.24, 2.45) is 0 Å². The number of hydrogen-bond donors (Lipinski definition) is 1. The van der Waals surface area contributed by atoms with Gasteiger partial charge in [-0.3, -0.25) is 0 Å². The molecule has 0 amide bonds. The van der Waals surface area contributed by atoms with E-state index in [1.165, 1.54) is 48.3 Å². The van der Waals surface area contributed by atoms with Crippen molar-refractivity contribution in [1.82, 2.24) is 9.97 Å². The molecule has 3 aromatic rings. The molecule has 0 radical (unpaired) electrons. The Labute approximate surface area is 153 Å². The third-order valence-electron chi connectivity index (χ3n) is 4.96. The highest BCUT2D eigenvalue weighted by atomic mass is 32.2. The maximum absolute atomic E-state index is 4.33. The minimum Gasteiger partial charge on any atom is -0.359 e. The lowest BCUT2D eigenvalue weighted by Crippen LogP contribution is -2.37. The van der Waals surface area contributed by atoms with E-state index in [2.05, 4.69) is 64.3 Å². The molecule has 130 valence electrons. The van der Waals surface area contributed by atoms with E-state index in [0.717, 1.165) is 17.6 Å². The molecule has 3 nitrogen and oxygen atoms in total. The molecule has 25 heavy (non-hydrogen) atoms. The zero-order valence-electron chi connectivity index (χ0n) is 14.7. The van der Waals surface area contributed by atoms with Gasteiger partial charge < -0.3 is 9.88 Å². The Morgan fingerprint density at radius 2 is 2.16 bits per heavy atom. The predicted molar refractivity (Wildman–Crippen MR) is 107 cm³/mol. The molecule has 0 bridgehead atoms. The van der Waals surface area contributed by atoms with E-state index in [0.29, 0.717) is 5.37 Å². The number of unbranched alkanes of at least 4 members (excludes halogenated alkanes) is 1. The number of anilines is 1. The van der Waals surface area contributed by atoms with Crippen LogP contribution in [0.1, 0.15) is 38.2 Å². The molecule has 4 rings (SSSR count). The molecule has 1 aliphatic rings. The molecule has 0 fully saturated rings. The first-order chi connectivity index (χ1) is 12.3. The van der Waals surface area contributed by atoms with Crippen molar-refractivity contribution in [2.75, 3.05) is 11.4 Å². The van der Waals surface area contributed by atoms with Crippen LogP contribution in [-0.2, 0) is 6.42 Å². The number of imidazole rings is 1. The van der Waals surface area contributed by atoms with E-state index < -0.39 is 0 Å². The fourth-order valence-corrected chi connectivity index (χ4v) is 4.94. The monoisotopic (exact) mass is 351 g/mol. The van der Waals surface area contributed by atoms with Gasteiger partial charge in [0.25, 0.3) is 0 Å². The summed E-state index contributed by atoms with van der Waals surface area (Å²) in [5.41, 5.74) is 5.10. The SMILES string of the molecule is CCCCC(Sc1ccc2nc[nH]c2c1)N1CCCc2ccccc21. The van der Waals surface area contributed by atoms with Gasteiger partial charge >= 0.3 is 0 Å². The summed E-state index contributed by atoms with van der Waals surface area (Å²) in [7, 11) is 0. The number of para-hydroxylation sites is 1. The molecule has 0 spiro atoms. The Morgan fingerprint density at radius 3 is 3.08 bits per heavy atom. The standard InChI is InChI=1S/C21H25N3S/c1-2-3-10-21(24-13-6-8-16-7-4-5-9-20(16)24)25-17-11-12-18-19(14-17)23-15-22-18/h4-5,7,9,11-12,14-15,21H,2-3,6,8,10,13H2,1H3,(H,22,23). The van der Waals surface area contributed by atoms with Crippen molar-refractivity contribution in [3.8, 4) is 0 Å². The maximum atomic E-state index is 4.33. The Hall–Kier alpha value is -1.94. The van der Waals surface area contributed by atoms with Crippen LogP contribution in [0.25, 0.3) is 11.0 Å². The number of nitrogens with zero attached hydrogens (tertiary/aromatic N) is 2. The van der Waals surface area contributed by atoms with Crippen LogP contribution in [0.3, 0.4) is 0 Å². The van der Waals surface area contributed by atoms with E-state index >= 15 is 0 Å². The second kappa shape index (κ2) is 7.52. The van der Waals surface area contributed by atoms with Gasteiger partial charge in [-0.05, 0) is 49.1 Å². The van der Waals surface area contributed by atoms with Crippen LogP contribution in [-0.4, -0.2) is 21.9 Å². The molecular formula is C21H25N3S. The smallest absolute Gasteiger partial charge is 0.0931 e. The van der Waals surface area contributed by atoms with Crippen LogP contribution in [0.2, 0.25) is 0 Å². The van der Waals surface area contributed by atoms with E-state index in [9.17, 15) is 0 Å². The van der Waals surface area contributed by atoms with E-state index in [4.69, 9.17) is 0 Å². The first-order valence-corrected chi connectivity index (χ1v) is 10.2. The lowest BCUT2D eigenvalue weighted by Gasteiger charge is -2.37. The number of aryl methyl sites for hydroxylation is 1. The molecule has 1 atom stereocenters. The second-order valence-corrected chi connectivity index (χ2v) is 7.97. The van der Waals surface area contributed by atoms with Crippen LogP contribution in [0.15, 0.2) is 53.7 Å². The third-order valence-corrected chi connectivity index (χ3v) is 6.25. The average Bonchev–Trinajstić information content (AvgIpc) is 3.12. The molecule has 0 saturated heterocycles. The molecule has 1 aliphatic heterocycles. The van der Waals surface area contributed by atoms with Gasteiger partial charge in [0.05, 0.1) is 22.7 Å². The Bertz CT molecular complexity index is 842. The summed E-state index contributed by atoms with van der Waals surface area (Å²) in [6.07, 6.45) is 7.96. The molecular weight excluding hydrogens is 326 g/mol. The average molecular weight is 352 g/mol. The van der Waals surface area contributed by atoms with Gasteiger partial charge in [-0.1, -0.05) is 38.0 Å². The fraction of sp³-hybridized carbons (Fsp3) is 0.381. The van der Waals surface area contributed by atoms with Crippen molar-refractivity contribution in [3.63, 3.8) is 0 Å². The Morgan fingerprint density at radius 1 is 1.24 bits per heavy atom. The number of aromatic amines is 1. The fourth-order valence-electron chi connectivity index (χ4n) is 3.66. The highest BCUT2D eigenvalue weighted by Crippen LogP contribution is 2.37. The number of rotatable bonds is 6. The zero-order chi connectivity index (χ0) is 17.1. The van der Waals surface area contributed by atoms with Gasteiger partial charge in [-0.2, -0.15) is 0 Å². The molecule has 2 heterocycles. The van der Waals surface area contributed by atoms with Crippen molar-refractivity contribution < 1.29 is 0 Å². The van der Waals surface area contributed by atoms with Gasteiger partial charge in [-0.15, -0.1) is 11.8 Å². The second-order valence-electron chi connectivity index (χ2n) is 6.72. The number of nitrogens with one attached hydrogen (secondary N) is 1. The van der Waals surface area contributed by atoms with Crippen LogP contribution in [0.4, 0.5) is 5.69 Å². The first-order valence-electron chi connectivity index (χ1n) is 9.29. The van der Waals surface area contributed by atoms with Crippen LogP contribution in [0, 0.1) is 0 Å². The van der Waals surface area contributed by atoms with Crippen LogP contribution >= 0.6 is 11.8 Å². The van der Waals surface area contributed by atoms with Gasteiger partial charge in [0.2, 0.25) is 0 Å². The van der Waals surface area contributed by atoms with Crippen molar-refractivity contribution in [1.29, 1.82) is 0 Å². The summed E-state index contributed by atoms with van der Waals surface area (Å²) in [6.45, 7) is 3.44. The molecule has 1 N–H and O–H groups in total. The van der Waals surface area contributed by atoms with Crippen LogP contribution in [0.5, 0.6) is 0 Å². The van der Waals surface area contributed by atoms with E-state index in [-0.39, 0.29) is 0 Å². The normalized spacial score (nSPS) is 15.3. The molecule has 1 unspecified atom stereocenters. The van der Waals surface area contributed by atoms with Crippen molar-refractivity contribution in [2.45, 2.75) is 49.3 Å². The van der Waals surface area contributed by atoms with Crippen LogP contribution < -0.4 is 4.90 Å². The number of thioether (sulfide) groups is 1. The molecule has 1 aromatic heterocycles. The Balaban J connectivity index is 1.61. The number of hydrogen-bond acceptors (Lipinski definition) is 3. The summed E-state index contributed by atoms with van der Waals surface area (Å²) in [5.74, 6) is 0. The van der Waals surface area contributed by atoms with E-state index in [1.807, 2.05) is 11.8 Å². The highest BCUT2D eigenvalue weighted by Gasteiger charge is 2.24. The van der Waals surface area contributed by atoms with Gasteiger partial charge in [-0.25, -0.2) is 4.98 Å². The number of aromatic nitrogens is 2. The summed E-state index contributed by atoms with van der Waals surface area (Å²) in [6, 6.07) is 15.5. The number of fused-ring (bicyclic) bond motifs is 2. The van der Waals surface area contributed by atoms with Gasteiger partial charge in [0, 0.05) is 17.1 Å². The quantitative estimate of drug-likeness (QED) is 0.585. The Kier molecular flexibility index (Phi) is 4.97. The minimum atomic E-state index is 0.488. The third kappa shape index (κ3) is 3.54. The first kappa shape index (κ1) is 16.5. The predicted octanol–water partition coefficient (Wildman–Crippen LogP) is 5.62. The summed E-state index contributed by atoms with van der Waals surface area (Å²) in [4.78, 5) is 11.5.